The van der Waals surface area contributed by atoms with Crippen LogP contribution in [0.5, 0.6) is 0 Å². The molecule has 5 heteroatoms. The standard InChI is InChI=1S/C18H16N2O2S/c1-12-19-16(11-23-12)13-7-9-15(10-8-13)20-18(22)17(21)14-5-3-2-4-6-14/h2-11,17,21H,1H3,(H,20,22). The fourth-order valence-corrected chi connectivity index (χ4v) is 2.84. The highest BCUT2D eigenvalue weighted by molar-refractivity contribution is 7.09. The molecule has 1 unspecified atom stereocenters. The number of aryl methyl sites for hydroxylation is 1. The molecule has 2 N–H and O–H groups in total. The summed E-state index contributed by atoms with van der Waals surface area (Å²) in [5.41, 5.74) is 3.13. The van der Waals surface area contributed by atoms with Gasteiger partial charge in [-0.25, -0.2) is 4.98 Å². The minimum Gasteiger partial charge on any atom is -0.378 e. The third-order valence-electron chi connectivity index (χ3n) is 3.43. The summed E-state index contributed by atoms with van der Waals surface area (Å²) in [4.78, 5) is 16.5. The SMILES string of the molecule is Cc1nc(-c2ccc(NC(=O)C(O)c3ccccc3)cc2)cs1. The largest absolute Gasteiger partial charge is 0.378 e. The van der Waals surface area contributed by atoms with E-state index in [1.54, 1.807) is 47.7 Å². The molecule has 0 aliphatic heterocycles. The lowest BCUT2D eigenvalue weighted by Crippen LogP contribution is -2.20. The van der Waals surface area contributed by atoms with E-state index in [-0.39, 0.29) is 0 Å². The van der Waals surface area contributed by atoms with E-state index < -0.39 is 12.0 Å². The zero-order chi connectivity index (χ0) is 16.2. The maximum atomic E-state index is 12.1. The smallest absolute Gasteiger partial charge is 0.257 e. The van der Waals surface area contributed by atoms with E-state index in [0.29, 0.717) is 11.3 Å². The molecular weight excluding hydrogens is 308 g/mol. The normalized spacial score (nSPS) is 11.9. The number of aliphatic hydroxyl groups is 1. The van der Waals surface area contributed by atoms with E-state index in [1.807, 2.05) is 30.5 Å². The van der Waals surface area contributed by atoms with Crippen molar-refractivity contribution in [1.29, 1.82) is 0 Å². The van der Waals surface area contributed by atoms with E-state index in [0.717, 1.165) is 16.3 Å². The number of nitrogens with zero attached hydrogens (tertiary/aromatic N) is 1. The van der Waals surface area contributed by atoms with Crippen molar-refractivity contribution in [2.24, 2.45) is 0 Å². The number of benzene rings is 2. The molecular formula is C18H16N2O2S. The molecule has 0 bridgehead atoms. The number of carbonyl (C=O) groups excluding carboxylic acids is 1. The summed E-state index contributed by atoms with van der Waals surface area (Å²) in [5.74, 6) is -0.451. The lowest BCUT2D eigenvalue weighted by molar-refractivity contribution is -0.124. The Morgan fingerprint density at radius 3 is 2.43 bits per heavy atom. The Labute approximate surface area is 138 Å². The van der Waals surface area contributed by atoms with Crippen molar-refractivity contribution < 1.29 is 9.90 Å². The highest BCUT2D eigenvalue weighted by atomic mass is 32.1. The van der Waals surface area contributed by atoms with Gasteiger partial charge in [-0.2, -0.15) is 0 Å². The van der Waals surface area contributed by atoms with Crippen LogP contribution in [0.25, 0.3) is 11.3 Å². The number of anilines is 1. The molecule has 0 saturated heterocycles. The van der Waals surface area contributed by atoms with Crippen LogP contribution >= 0.6 is 11.3 Å². The minimum absolute atomic E-state index is 0.451. The first-order valence-corrected chi connectivity index (χ1v) is 8.08. The van der Waals surface area contributed by atoms with Gasteiger partial charge in [0.15, 0.2) is 6.10 Å². The van der Waals surface area contributed by atoms with Gasteiger partial charge in [-0.05, 0) is 24.6 Å². The zero-order valence-corrected chi connectivity index (χ0v) is 13.4. The number of hydrogen-bond acceptors (Lipinski definition) is 4. The van der Waals surface area contributed by atoms with Gasteiger partial charge in [0.25, 0.3) is 5.91 Å². The van der Waals surface area contributed by atoms with E-state index in [2.05, 4.69) is 10.3 Å². The Balaban J connectivity index is 1.69. The van der Waals surface area contributed by atoms with Gasteiger partial charge in [0.2, 0.25) is 0 Å². The third-order valence-corrected chi connectivity index (χ3v) is 4.20. The van der Waals surface area contributed by atoms with Crippen molar-refractivity contribution in [3.05, 3.63) is 70.5 Å². The van der Waals surface area contributed by atoms with Crippen molar-refractivity contribution in [3.63, 3.8) is 0 Å². The van der Waals surface area contributed by atoms with Gasteiger partial charge in [-0.3, -0.25) is 4.79 Å². The van der Waals surface area contributed by atoms with Crippen LogP contribution in [0.4, 0.5) is 5.69 Å². The Bertz CT molecular complexity index is 797. The lowest BCUT2D eigenvalue weighted by atomic mass is 10.1. The second kappa shape index (κ2) is 6.73. The summed E-state index contributed by atoms with van der Waals surface area (Å²) in [6.07, 6.45) is -1.18. The molecule has 3 aromatic rings. The molecule has 4 nitrogen and oxygen atoms in total. The molecule has 1 aromatic heterocycles. The van der Waals surface area contributed by atoms with Gasteiger partial charge in [-0.15, -0.1) is 11.3 Å². The average Bonchev–Trinajstić information content (AvgIpc) is 3.02. The summed E-state index contributed by atoms with van der Waals surface area (Å²) in [6, 6.07) is 16.3. The summed E-state index contributed by atoms with van der Waals surface area (Å²) in [5, 5.41) is 15.8. The highest BCUT2D eigenvalue weighted by Gasteiger charge is 2.17. The predicted molar refractivity (Wildman–Crippen MR) is 92.3 cm³/mol. The maximum absolute atomic E-state index is 12.1. The first kappa shape index (κ1) is 15.4. The molecule has 23 heavy (non-hydrogen) atoms. The monoisotopic (exact) mass is 324 g/mol. The molecule has 0 aliphatic carbocycles. The Morgan fingerprint density at radius 1 is 1.13 bits per heavy atom. The number of aliphatic hydroxyl groups excluding tert-OH is 1. The van der Waals surface area contributed by atoms with Crippen molar-refractivity contribution in [3.8, 4) is 11.3 Å². The summed E-state index contributed by atoms with van der Waals surface area (Å²) in [7, 11) is 0. The van der Waals surface area contributed by atoms with E-state index >= 15 is 0 Å². The second-order valence-electron chi connectivity index (χ2n) is 5.13. The van der Waals surface area contributed by atoms with Gasteiger partial charge in [0.05, 0.1) is 10.7 Å². The fourth-order valence-electron chi connectivity index (χ4n) is 2.22. The van der Waals surface area contributed by atoms with Crippen molar-refractivity contribution in [1.82, 2.24) is 4.98 Å². The Morgan fingerprint density at radius 2 is 1.83 bits per heavy atom. The maximum Gasteiger partial charge on any atom is 0.257 e. The summed E-state index contributed by atoms with van der Waals surface area (Å²) < 4.78 is 0. The van der Waals surface area contributed by atoms with Crippen LogP contribution in [-0.4, -0.2) is 16.0 Å². The third kappa shape index (κ3) is 3.64. The number of amides is 1. The van der Waals surface area contributed by atoms with Crippen molar-refractivity contribution in [2.75, 3.05) is 5.32 Å². The molecule has 3 rings (SSSR count). The molecule has 1 heterocycles. The summed E-state index contributed by atoms with van der Waals surface area (Å²) in [6.45, 7) is 1.97. The number of carbonyl (C=O) groups is 1. The van der Waals surface area contributed by atoms with E-state index in [1.165, 1.54) is 0 Å². The molecule has 1 amide bonds. The molecule has 0 saturated carbocycles. The van der Waals surface area contributed by atoms with Gasteiger partial charge in [0.1, 0.15) is 0 Å². The minimum atomic E-state index is -1.18. The fraction of sp³-hybridized carbons (Fsp3) is 0.111. The van der Waals surface area contributed by atoms with Gasteiger partial charge in [-0.1, -0.05) is 42.5 Å². The Hall–Kier alpha value is -2.50. The first-order chi connectivity index (χ1) is 11.1. The number of nitrogens with one attached hydrogen (secondary N) is 1. The zero-order valence-electron chi connectivity index (χ0n) is 12.6. The average molecular weight is 324 g/mol. The molecule has 1 atom stereocenters. The predicted octanol–water partition coefficient (Wildman–Crippen LogP) is 3.79. The topological polar surface area (TPSA) is 62.2 Å². The summed E-state index contributed by atoms with van der Waals surface area (Å²) >= 11 is 1.60. The van der Waals surface area contributed by atoms with Crippen LogP contribution in [-0.2, 0) is 4.79 Å². The van der Waals surface area contributed by atoms with Gasteiger partial charge < -0.3 is 10.4 Å². The number of rotatable bonds is 4. The molecule has 0 fully saturated rings. The number of thiazole rings is 1. The molecule has 0 aliphatic rings. The van der Waals surface area contributed by atoms with Crippen LogP contribution in [0, 0.1) is 6.92 Å². The quantitative estimate of drug-likeness (QED) is 0.767. The van der Waals surface area contributed by atoms with Crippen LogP contribution in [0.3, 0.4) is 0 Å². The number of aromatic nitrogens is 1. The van der Waals surface area contributed by atoms with Crippen LogP contribution in [0.15, 0.2) is 60.0 Å². The second-order valence-corrected chi connectivity index (χ2v) is 6.19. The number of hydrogen-bond donors (Lipinski definition) is 2. The highest BCUT2D eigenvalue weighted by Crippen LogP contribution is 2.23. The Kier molecular flexibility index (Phi) is 4.50. The first-order valence-electron chi connectivity index (χ1n) is 7.20. The van der Waals surface area contributed by atoms with Crippen molar-refractivity contribution in [2.45, 2.75) is 13.0 Å². The van der Waals surface area contributed by atoms with E-state index in [9.17, 15) is 9.90 Å². The molecule has 116 valence electrons. The van der Waals surface area contributed by atoms with Crippen molar-refractivity contribution >= 4 is 22.9 Å². The van der Waals surface area contributed by atoms with Crippen LogP contribution in [0.1, 0.15) is 16.7 Å². The van der Waals surface area contributed by atoms with Crippen LogP contribution < -0.4 is 5.32 Å². The lowest BCUT2D eigenvalue weighted by Gasteiger charge is -2.11. The van der Waals surface area contributed by atoms with E-state index in [4.69, 9.17) is 0 Å². The van der Waals surface area contributed by atoms with Gasteiger partial charge >= 0.3 is 0 Å². The van der Waals surface area contributed by atoms with Gasteiger partial charge in [0, 0.05) is 16.6 Å². The molecule has 0 spiro atoms. The molecule has 2 aromatic carbocycles. The van der Waals surface area contributed by atoms with Crippen LogP contribution in [0.2, 0.25) is 0 Å². The molecule has 0 radical (unpaired) electrons.